The molecule has 0 aromatic carbocycles. The Morgan fingerprint density at radius 3 is 2.71 bits per heavy atom. The molecule has 1 saturated heterocycles. The molecule has 1 heterocycles. The number of piperidine rings is 1. The van der Waals surface area contributed by atoms with Gasteiger partial charge in [0.05, 0.1) is 0 Å². The molecule has 2 fully saturated rings. The molecule has 0 spiro atoms. The Balaban J connectivity index is 1.89. The minimum atomic E-state index is 0.823. The van der Waals surface area contributed by atoms with Crippen molar-refractivity contribution in [3.63, 3.8) is 0 Å². The van der Waals surface area contributed by atoms with Crippen LogP contribution in [-0.2, 0) is 0 Å². The van der Waals surface area contributed by atoms with Crippen LogP contribution < -0.4 is 0 Å². The molecule has 1 nitrogen and oxygen atoms in total. The SMILES string of the molecule is CCCC(CS)CN1CCC[C@H]2CCCC[C@H]21. The summed E-state index contributed by atoms with van der Waals surface area (Å²) in [5.74, 6) is 2.92. The number of hydrogen-bond acceptors (Lipinski definition) is 2. The van der Waals surface area contributed by atoms with Crippen molar-refractivity contribution in [2.24, 2.45) is 11.8 Å². The van der Waals surface area contributed by atoms with Gasteiger partial charge < -0.3 is 0 Å². The fourth-order valence-electron chi connectivity index (χ4n) is 3.93. The number of hydrogen-bond donors (Lipinski definition) is 1. The van der Waals surface area contributed by atoms with Crippen LogP contribution in [0.3, 0.4) is 0 Å². The summed E-state index contributed by atoms with van der Waals surface area (Å²) >= 11 is 4.54. The van der Waals surface area contributed by atoms with Gasteiger partial charge >= 0.3 is 0 Å². The van der Waals surface area contributed by atoms with E-state index >= 15 is 0 Å². The van der Waals surface area contributed by atoms with E-state index in [0.717, 1.165) is 23.6 Å². The van der Waals surface area contributed by atoms with E-state index < -0.39 is 0 Å². The maximum absolute atomic E-state index is 4.54. The standard InChI is InChI=1S/C15H29NS/c1-2-6-13(12-17)11-16-10-5-8-14-7-3-4-9-15(14)16/h13-15,17H,2-12H2,1H3/t13?,14-,15-/m1/s1. The molecular formula is C15H29NS. The van der Waals surface area contributed by atoms with E-state index in [2.05, 4.69) is 24.5 Å². The van der Waals surface area contributed by atoms with Crippen LogP contribution in [0.25, 0.3) is 0 Å². The second-order valence-corrected chi connectivity index (χ2v) is 6.45. The lowest BCUT2D eigenvalue weighted by Crippen LogP contribution is -2.48. The summed E-state index contributed by atoms with van der Waals surface area (Å²) in [4.78, 5) is 2.82. The molecule has 1 saturated carbocycles. The molecule has 1 aliphatic heterocycles. The number of nitrogens with zero attached hydrogens (tertiary/aromatic N) is 1. The quantitative estimate of drug-likeness (QED) is 0.727. The van der Waals surface area contributed by atoms with Crippen molar-refractivity contribution < 1.29 is 0 Å². The van der Waals surface area contributed by atoms with Gasteiger partial charge in [0.15, 0.2) is 0 Å². The van der Waals surface area contributed by atoms with E-state index in [1.807, 2.05) is 0 Å². The summed E-state index contributed by atoms with van der Waals surface area (Å²) in [6, 6.07) is 0.928. The molecular weight excluding hydrogens is 226 g/mol. The Labute approximate surface area is 113 Å². The molecule has 1 aliphatic carbocycles. The van der Waals surface area contributed by atoms with Gasteiger partial charge in [-0.2, -0.15) is 12.6 Å². The van der Waals surface area contributed by atoms with Gasteiger partial charge in [0.1, 0.15) is 0 Å². The van der Waals surface area contributed by atoms with Gasteiger partial charge in [-0.05, 0) is 56.2 Å². The Kier molecular flexibility index (Phi) is 5.68. The van der Waals surface area contributed by atoms with E-state index in [1.165, 1.54) is 64.5 Å². The number of rotatable bonds is 5. The highest BCUT2D eigenvalue weighted by atomic mass is 32.1. The van der Waals surface area contributed by atoms with E-state index in [0.29, 0.717) is 0 Å². The Morgan fingerprint density at radius 1 is 1.18 bits per heavy atom. The lowest BCUT2D eigenvalue weighted by atomic mass is 9.78. The highest BCUT2D eigenvalue weighted by Crippen LogP contribution is 2.35. The first-order valence-corrected chi connectivity index (χ1v) is 8.33. The van der Waals surface area contributed by atoms with Gasteiger partial charge in [0.25, 0.3) is 0 Å². The summed E-state index contributed by atoms with van der Waals surface area (Å²) in [5.41, 5.74) is 0. The van der Waals surface area contributed by atoms with Crippen LogP contribution in [-0.4, -0.2) is 29.8 Å². The first-order chi connectivity index (χ1) is 8.35. The molecule has 2 heteroatoms. The molecule has 0 N–H and O–H groups in total. The molecule has 0 aromatic rings. The normalized spacial score (nSPS) is 32.1. The predicted molar refractivity (Wildman–Crippen MR) is 78.8 cm³/mol. The van der Waals surface area contributed by atoms with Crippen molar-refractivity contribution in [1.29, 1.82) is 0 Å². The highest BCUT2D eigenvalue weighted by Gasteiger charge is 2.33. The van der Waals surface area contributed by atoms with Crippen LogP contribution >= 0.6 is 12.6 Å². The smallest absolute Gasteiger partial charge is 0.0124 e. The molecule has 3 atom stereocenters. The van der Waals surface area contributed by atoms with Crippen LogP contribution in [0, 0.1) is 11.8 Å². The van der Waals surface area contributed by atoms with Gasteiger partial charge in [0, 0.05) is 12.6 Å². The minimum Gasteiger partial charge on any atom is -0.300 e. The largest absolute Gasteiger partial charge is 0.300 e. The first-order valence-electron chi connectivity index (χ1n) is 7.70. The fourth-order valence-corrected chi connectivity index (χ4v) is 4.23. The molecule has 0 bridgehead atoms. The summed E-state index contributed by atoms with van der Waals surface area (Å²) in [6.07, 6.45) is 11.5. The zero-order chi connectivity index (χ0) is 12.1. The van der Waals surface area contributed by atoms with Crippen molar-refractivity contribution in [1.82, 2.24) is 4.90 Å². The zero-order valence-electron chi connectivity index (χ0n) is 11.4. The molecule has 0 amide bonds. The second-order valence-electron chi connectivity index (χ2n) is 6.09. The average Bonchev–Trinajstić information content (AvgIpc) is 2.38. The van der Waals surface area contributed by atoms with Gasteiger partial charge in [-0.15, -0.1) is 0 Å². The number of likely N-dealkylation sites (tertiary alicyclic amines) is 1. The van der Waals surface area contributed by atoms with Crippen molar-refractivity contribution in [2.45, 2.75) is 64.3 Å². The van der Waals surface area contributed by atoms with Crippen LogP contribution in [0.2, 0.25) is 0 Å². The molecule has 100 valence electrons. The van der Waals surface area contributed by atoms with E-state index in [4.69, 9.17) is 0 Å². The lowest BCUT2D eigenvalue weighted by molar-refractivity contribution is 0.0495. The monoisotopic (exact) mass is 255 g/mol. The fraction of sp³-hybridized carbons (Fsp3) is 1.00. The third-order valence-electron chi connectivity index (χ3n) is 4.81. The summed E-state index contributed by atoms with van der Waals surface area (Å²) in [5, 5.41) is 0. The van der Waals surface area contributed by atoms with E-state index in [-0.39, 0.29) is 0 Å². The first kappa shape index (κ1) is 13.7. The Morgan fingerprint density at radius 2 is 1.94 bits per heavy atom. The topological polar surface area (TPSA) is 3.24 Å². The number of thiol groups is 1. The van der Waals surface area contributed by atoms with Crippen LogP contribution in [0.1, 0.15) is 58.3 Å². The summed E-state index contributed by atoms with van der Waals surface area (Å²) in [7, 11) is 0. The lowest BCUT2D eigenvalue weighted by Gasteiger charge is -2.45. The molecule has 0 aromatic heterocycles. The van der Waals surface area contributed by atoms with Crippen molar-refractivity contribution in [3.05, 3.63) is 0 Å². The highest BCUT2D eigenvalue weighted by molar-refractivity contribution is 7.80. The minimum absolute atomic E-state index is 0.823. The van der Waals surface area contributed by atoms with Gasteiger partial charge in [-0.3, -0.25) is 4.90 Å². The van der Waals surface area contributed by atoms with Crippen LogP contribution in [0.4, 0.5) is 0 Å². The van der Waals surface area contributed by atoms with Crippen molar-refractivity contribution in [3.8, 4) is 0 Å². The Bertz CT molecular complexity index is 217. The zero-order valence-corrected chi connectivity index (χ0v) is 12.3. The summed E-state index contributed by atoms with van der Waals surface area (Å²) < 4.78 is 0. The van der Waals surface area contributed by atoms with Crippen LogP contribution in [0.15, 0.2) is 0 Å². The van der Waals surface area contributed by atoms with Crippen LogP contribution in [0.5, 0.6) is 0 Å². The van der Waals surface area contributed by atoms with Crippen molar-refractivity contribution in [2.75, 3.05) is 18.8 Å². The predicted octanol–water partition coefficient (Wildman–Crippen LogP) is 3.99. The third kappa shape index (κ3) is 3.64. The molecule has 17 heavy (non-hydrogen) atoms. The maximum atomic E-state index is 4.54. The van der Waals surface area contributed by atoms with Gasteiger partial charge in [-0.1, -0.05) is 26.2 Å². The molecule has 2 aliphatic rings. The van der Waals surface area contributed by atoms with Crippen molar-refractivity contribution >= 4 is 12.6 Å². The molecule has 1 unspecified atom stereocenters. The number of fused-ring (bicyclic) bond motifs is 1. The van der Waals surface area contributed by atoms with E-state index in [9.17, 15) is 0 Å². The summed E-state index contributed by atoms with van der Waals surface area (Å²) in [6.45, 7) is 4.98. The van der Waals surface area contributed by atoms with E-state index in [1.54, 1.807) is 0 Å². The Hall–Kier alpha value is 0.310. The van der Waals surface area contributed by atoms with Gasteiger partial charge in [0.2, 0.25) is 0 Å². The maximum Gasteiger partial charge on any atom is 0.0124 e. The van der Waals surface area contributed by atoms with Gasteiger partial charge in [-0.25, -0.2) is 0 Å². The third-order valence-corrected chi connectivity index (χ3v) is 5.32. The molecule has 2 rings (SSSR count). The second kappa shape index (κ2) is 7.04. The molecule has 0 radical (unpaired) electrons. The average molecular weight is 255 g/mol.